The molecule has 0 spiro atoms. The van der Waals surface area contributed by atoms with Gasteiger partial charge >= 0.3 is 6.03 Å². The summed E-state index contributed by atoms with van der Waals surface area (Å²) in [5, 5.41) is 0.981. The minimum absolute atomic E-state index is 0.502. The molecule has 0 unspecified atom stereocenters. The number of aromatic nitrogens is 1. The fourth-order valence-electron chi connectivity index (χ4n) is 1.79. The second-order valence-electron chi connectivity index (χ2n) is 3.50. The van der Waals surface area contributed by atoms with Crippen molar-refractivity contribution in [1.82, 2.24) is 4.57 Å². The first-order valence-electron chi connectivity index (χ1n) is 4.94. The van der Waals surface area contributed by atoms with Gasteiger partial charge in [-0.1, -0.05) is 0 Å². The smallest absolute Gasteiger partial charge is 0.323 e. The first-order valence-corrected chi connectivity index (χ1v) is 4.94. The van der Waals surface area contributed by atoms with Crippen LogP contribution in [0.15, 0.2) is 24.4 Å². The fraction of sp³-hybridized carbons (Fsp3) is 0.167. The van der Waals surface area contributed by atoms with Crippen LogP contribution >= 0.6 is 0 Å². The van der Waals surface area contributed by atoms with Gasteiger partial charge in [0.1, 0.15) is 5.75 Å². The predicted molar refractivity (Wildman–Crippen MR) is 62.5 cm³/mol. The Morgan fingerprint density at radius 1 is 1.56 bits per heavy atom. The van der Waals surface area contributed by atoms with Crippen molar-refractivity contribution in [2.45, 2.75) is 6.42 Å². The summed E-state index contributed by atoms with van der Waals surface area (Å²) in [6.45, 7) is 3.82. The van der Waals surface area contributed by atoms with E-state index in [0.29, 0.717) is 12.2 Å². The quantitative estimate of drug-likeness (QED) is 0.835. The molecule has 4 heteroatoms. The Labute approximate surface area is 93.6 Å². The Morgan fingerprint density at radius 2 is 2.31 bits per heavy atom. The van der Waals surface area contributed by atoms with Crippen LogP contribution in [0.25, 0.3) is 10.9 Å². The molecule has 0 fully saturated rings. The van der Waals surface area contributed by atoms with Gasteiger partial charge in [0.2, 0.25) is 0 Å². The summed E-state index contributed by atoms with van der Waals surface area (Å²) in [5.74, 6) is 0.698. The number of nitrogens with two attached hydrogens (primary N) is 1. The van der Waals surface area contributed by atoms with E-state index >= 15 is 0 Å². The number of hydrogen-bond donors (Lipinski definition) is 1. The van der Waals surface area contributed by atoms with Crippen LogP contribution in [-0.4, -0.2) is 17.7 Å². The Kier molecular flexibility index (Phi) is 2.56. The van der Waals surface area contributed by atoms with Crippen LogP contribution < -0.4 is 10.5 Å². The number of methoxy groups -OCH3 is 1. The van der Waals surface area contributed by atoms with Crippen LogP contribution in [-0.2, 0) is 6.42 Å². The number of benzene rings is 1. The number of carbonyl (C=O) groups is 1. The molecule has 1 aromatic carbocycles. The van der Waals surface area contributed by atoms with E-state index in [-0.39, 0.29) is 0 Å². The van der Waals surface area contributed by atoms with Crippen LogP contribution in [0.5, 0.6) is 5.75 Å². The number of ether oxygens (including phenoxy) is 1. The molecule has 1 amide bonds. The highest BCUT2D eigenvalue weighted by Crippen LogP contribution is 2.25. The predicted octanol–water partition coefficient (Wildman–Crippen LogP) is 1.95. The molecule has 1 heterocycles. The van der Waals surface area contributed by atoms with Crippen LogP contribution in [0.2, 0.25) is 0 Å². The topological polar surface area (TPSA) is 57.2 Å². The van der Waals surface area contributed by atoms with Gasteiger partial charge in [-0.2, -0.15) is 0 Å². The van der Waals surface area contributed by atoms with E-state index < -0.39 is 6.03 Å². The highest BCUT2D eigenvalue weighted by atomic mass is 16.5. The third-order valence-electron chi connectivity index (χ3n) is 2.60. The molecule has 1 aromatic heterocycles. The van der Waals surface area contributed by atoms with Crippen molar-refractivity contribution < 1.29 is 9.53 Å². The van der Waals surface area contributed by atoms with Crippen molar-refractivity contribution in [3.63, 3.8) is 0 Å². The Balaban J connectivity index is 2.75. The minimum atomic E-state index is -0.502. The van der Waals surface area contributed by atoms with E-state index in [1.807, 2.05) is 12.1 Å². The van der Waals surface area contributed by atoms with Crippen molar-refractivity contribution >= 4 is 16.9 Å². The molecule has 2 aromatic rings. The molecule has 0 aliphatic heterocycles. The van der Waals surface area contributed by atoms with Crippen LogP contribution in [0.3, 0.4) is 0 Å². The second kappa shape index (κ2) is 3.89. The molecule has 83 valence electrons. The molecule has 16 heavy (non-hydrogen) atoms. The summed E-state index contributed by atoms with van der Waals surface area (Å²) >= 11 is 0. The van der Waals surface area contributed by atoms with E-state index in [4.69, 9.17) is 10.5 Å². The van der Waals surface area contributed by atoms with Gasteiger partial charge in [0.15, 0.2) is 0 Å². The summed E-state index contributed by atoms with van der Waals surface area (Å²) in [6, 6.07) is 5.05. The number of primary amides is 1. The van der Waals surface area contributed by atoms with E-state index in [1.165, 1.54) is 4.57 Å². The molecule has 0 atom stereocenters. The third kappa shape index (κ3) is 1.52. The molecule has 0 aliphatic carbocycles. The summed E-state index contributed by atoms with van der Waals surface area (Å²) in [7, 11) is 1.58. The molecular weight excluding hydrogens is 204 g/mol. The van der Waals surface area contributed by atoms with Crippen molar-refractivity contribution in [3.05, 3.63) is 36.9 Å². The Morgan fingerprint density at radius 3 is 2.88 bits per heavy atom. The molecule has 0 saturated carbocycles. The monoisotopic (exact) mass is 217 g/mol. The van der Waals surface area contributed by atoms with Crippen LogP contribution in [0.1, 0.15) is 5.56 Å². The molecule has 1 radical (unpaired) electrons. The summed E-state index contributed by atoms with van der Waals surface area (Å²) < 4.78 is 6.53. The van der Waals surface area contributed by atoms with E-state index in [1.54, 1.807) is 19.4 Å². The first-order chi connectivity index (χ1) is 7.67. The number of nitrogens with zero attached hydrogens (tertiary/aromatic N) is 1. The molecule has 0 aliphatic rings. The Hall–Kier alpha value is -1.97. The van der Waals surface area contributed by atoms with Crippen LogP contribution in [0.4, 0.5) is 4.79 Å². The standard InChI is InChI=1S/C12H13N2O2/c1-3-8-7-14(12(13)15)11-6-9(16-2)4-5-10(8)11/h4-7H,1,3H2,2H3,(H2,13,15). The molecular formula is C12H13N2O2. The normalized spacial score (nSPS) is 10.6. The fourth-order valence-corrected chi connectivity index (χ4v) is 1.79. The maximum Gasteiger partial charge on any atom is 0.323 e. The Bertz CT molecular complexity index is 543. The van der Waals surface area contributed by atoms with E-state index in [0.717, 1.165) is 16.5 Å². The summed E-state index contributed by atoms with van der Waals surface area (Å²) in [6.07, 6.45) is 2.34. The maximum absolute atomic E-state index is 11.3. The average Bonchev–Trinajstić information content (AvgIpc) is 2.66. The van der Waals surface area contributed by atoms with Gasteiger partial charge in [-0.05, 0) is 31.0 Å². The van der Waals surface area contributed by atoms with E-state index in [2.05, 4.69) is 6.92 Å². The summed E-state index contributed by atoms with van der Waals surface area (Å²) in [4.78, 5) is 11.3. The van der Waals surface area contributed by atoms with Gasteiger partial charge in [-0.25, -0.2) is 4.79 Å². The number of amides is 1. The lowest BCUT2D eigenvalue weighted by Gasteiger charge is -2.02. The minimum Gasteiger partial charge on any atom is -0.497 e. The van der Waals surface area contributed by atoms with Crippen molar-refractivity contribution in [3.8, 4) is 5.75 Å². The average molecular weight is 217 g/mol. The molecule has 2 N–H and O–H groups in total. The zero-order valence-corrected chi connectivity index (χ0v) is 9.06. The SMILES string of the molecule is [CH2]Cc1cn(C(N)=O)c2cc(OC)ccc12. The highest BCUT2D eigenvalue weighted by molar-refractivity contribution is 5.94. The van der Waals surface area contributed by atoms with Crippen molar-refractivity contribution in [1.29, 1.82) is 0 Å². The third-order valence-corrected chi connectivity index (χ3v) is 2.60. The molecule has 2 rings (SSSR count). The van der Waals surface area contributed by atoms with Gasteiger partial charge in [-0.15, -0.1) is 0 Å². The molecule has 0 bridgehead atoms. The van der Waals surface area contributed by atoms with Gasteiger partial charge in [-0.3, -0.25) is 4.57 Å². The van der Waals surface area contributed by atoms with Gasteiger partial charge in [0.05, 0.1) is 12.6 Å². The lowest BCUT2D eigenvalue weighted by molar-refractivity contribution is 0.251. The van der Waals surface area contributed by atoms with Gasteiger partial charge < -0.3 is 10.5 Å². The maximum atomic E-state index is 11.3. The first kappa shape index (κ1) is 10.5. The van der Waals surface area contributed by atoms with E-state index in [9.17, 15) is 4.79 Å². The number of fused-ring (bicyclic) bond motifs is 1. The highest BCUT2D eigenvalue weighted by Gasteiger charge is 2.11. The summed E-state index contributed by atoms with van der Waals surface area (Å²) in [5.41, 5.74) is 7.05. The zero-order chi connectivity index (χ0) is 11.7. The number of hydrogen-bond acceptors (Lipinski definition) is 2. The van der Waals surface area contributed by atoms with Crippen LogP contribution in [0, 0.1) is 6.92 Å². The second-order valence-corrected chi connectivity index (χ2v) is 3.50. The lowest BCUT2D eigenvalue weighted by atomic mass is 10.1. The zero-order valence-electron chi connectivity index (χ0n) is 9.06. The van der Waals surface area contributed by atoms with Gasteiger partial charge in [0, 0.05) is 17.6 Å². The largest absolute Gasteiger partial charge is 0.497 e. The van der Waals surface area contributed by atoms with Gasteiger partial charge in [0.25, 0.3) is 0 Å². The molecule has 0 saturated heterocycles. The van der Waals surface area contributed by atoms with Crippen molar-refractivity contribution in [2.75, 3.05) is 7.11 Å². The lowest BCUT2D eigenvalue weighted by Crippen LogP contribution is -2.18. The molecule has 4 nitrogen and oxygen atoms in total. The number of carbonyl (C=O) groups excluding carboxylic acids is 1. The van der Waals surface area contributed by atoms with Crippen molar-refractivity contribution in [2.24, 2.45) is 5.73 Å². The number of rotatable bonds is 2.